The first-order chi connectivity index (χ1) is 7.49. The average molecular weight is 244 g/mol. The van der Waals surface area contributed by atoms with Crippen molar-refractivity contribution in [3.63, 3.8) is 0 Å². The van der Waals surface area contributed by atoms with Crippen LogP contribution >= 0.6 is 11.6 Å². The molecule has 0 saturated carbocycles. The lowest BCUT2D eigenvalue weighted by Gasteiger charge is -2.10. The van der Waals surface area contributed by atoms with Crippen LogP contribution in [-0.2, 0) is 4.79 Å². The highest BCUT2D eigenvalue weighted by Crippen LogP contribution is 2.21. The number of carbonyl (C=O) groups is 1. The van der Waals surface area contributed by atoms with Gasteiger partial charge < -0.3 is 5.11 Å². The number of hydrogen-bond donors (Lipinski definition) is 1. The molecule has 86 valence electrons. The van der Waals surface area contributed by atoms with Crippen molar-refractivity contribution in [1.82, 2.24) is 0 Å². The molecule has 0 aliphatic carbocycles. The van der Waals surface area contributed by atoms with E-state index in [4.69, 9.17) is 16.7 Å². The Labute approximate surface area is 96.8 Å². The highest BCUT2D eigenvalue weighted by molar-refractivity contribution is 6.30. The number of hydrogen-bond acceptors (Lipinski definition) is 3. The van der Waals surface area contributed by atoms with Crippen LogP contribution in [0.15, 0.2) is 24.3 Å². The van der Waals surface area contributed by atoms with Gasteiger partial charge in [0.1, 0.15) is 0 Å². The van der Waals surface area contributed by atoms with Gasteiger partial charge in [-0.05, 0) is 17.7 Å². The third-order valence-corrected chi connectivity index (χ3v) is 2.38. The third kappa shape index (κ3) is 3.86. The second-order valence-corrected chi connectivity index (χ2v) is 3.80. The van der Waals surface area contributed by atoms with Gasteiger partial charge in [-0.15, -0.1) is 0 Å². The van der Waals surface area contributed by atoms with E-state index < -0.39 is 23.4 Å². The highest BCUT2D eigenvalue weighted by atomic mass is 35.5. The van der Waals surface area contributed by atoms with Crippen LogP contribution in [0.4, 0.5) is 0 Å². The highest BCUT2D eigenvalue weighted by Gasteiger charge is 2.20. The van der Waals surface area contributed by atoms with E-state index in [-0.39, 0.29) is 6.42 Å². The zero-order chi connectivity index (χ0) is 12.1. The molecule has 1 atom stereocenters. The molecule has 0 saturated heterocycles. The van der Waals surface area contributed by atoms with Gasteiger partial charge in [-0.3, -0.25) is 14.9 Å². The molecule has 0 amide bonds. The predicted molar refractivity (Wildman–Crippen MR) is 58.3 cm³/mol. The Morgan fingerprint density at radius 2 is 2.00 bits per heavy atom. The van der Waals surface area contributed by atoms with E-state index >= 15 is 0 Å². The van der Waals surface area contributed by atoms with Gasteiger partial charge in [-0.2, -0.15) is 0 Å². The molecule has 6 heteroatoms. The molecule has 5 nitrogen and oxygen atoms in total. The number of nitro groups is 1. The zero-order valence-corrected chi connectivity index (χ0v) is 9.05. The van der Waals surface area contributed by atoms with Crippen molar-refractivity contribution in [1.29, 1.82) is 0 Å². The van der Waals surface area contributed by atoms with E-state index in [1.165, 1.54) is 0 Å². The van der Waals surface area contributed by atoms with Crippen LogP contribution in [0.3, 0.4) is 0 Å². The van der Waals surface area contributed by atoms with E-state index in [9.17, 15) is 14.9 Å². The van der Waals surface area contributed by atoms with Gasteiger partial charge >= 0.3 is 5.97 Å². The normalized spacial score (nSPS) is 12.1. The number of nitrogens with zero attached hydrogens (tertiary/aromatic N) is 1. The SMILES string of the molecule is O=C(O)C[C@@H](C[N+](=O)[O-])c1ccc(Cl)cc1. The summed E-state index contributed by atoms with van der Waals surface area (Å²) in [5.74, 6) is -1.67. The lowest BCUT2D eigenvalue weighted by molar-refractivity contribution is -0.483. The quantitative estimate of drug-likeness (QED) is 0.635. The molecule has 16 heavy (non-hydrogen) atoms. The fraction of sp³-hybridized carbons (Fsp3) is 0.300. The van der Waals surface area contributed by atoms with E-state index in [1.54, 1.807) is 24.3 Å². The lowest BCUT2D eigenvalue weighted by Crippen LogP contribution is -2.16. The van der Waals surface area contributed by atoms with Crippen LogP contribution in [0.5, 0.6) is 0 Å². The van der Waals surface area contributed by atoms with Crippen LogP contribution < -0.4 is 0 Å². The van der Waals surface area contributed by atoms with Gasteiger partial charge in [0.25, 0.3) is 0 Å². The van der Waals surface area contributed by atoms with Crippen molar-refractivity contribution in [2.24, 2.45) is 0 Å². The Hall–Kier alpha value is -1.62. The van der Waals surface area contributed by atoms with Crippen molar-refractivity contribution in [2.75, 3.05) is 6.54 Å². The Morgan fingerprint density at radius 3 is 2.44 bits per heavy atom. The summed E-state index contributed by atoms with van der Waals surface area (Å²) in [7, 11) is 0. The number of rotatable bonds is 5. The third-order valence-electron chi connectivity index (χ3n) is 2.13. The maximum absolute atomic E-state index is 10.6. The second kappa shape index (κ2) is 5.46. The molecule has 0 spiro atoms. The summed E-state index contributed by atoms with van der Waals surface area (Å²) in [6, 6.07) is 6.40. The lowest BCUT2D eigenvalue weighted by atomic mass is 9.96. The molecule has 1 N–H and O–H groups in total. The Morgan fingerprint density at radius 1 is 1.44 bits per heavy atom. The van der Waals surface area contributed by atoms with E-state index in [0.29, 0.717) is 10.6 Å². The van der Waals surface area contributed by atoms with Crippen LogP contribution in [0.2, 0.25) is 5.02 Å². The molecule has 1 aromatic rings. The topological polar surface area (TPSA) is 80.4 Å². The number of aliphatic carboxylic acids is 1. The first-order valence-electron chi connectivity index (χ1n) is 4.58. The van der Waals surface area contributed by atoms with Gasteiger partial charge in [-0.1, -0.05) is 23.7 Å². The van der Waals surface area contributed by atoms with Gasteiger partial charge in [0.05, 0.1) is 12.3 Å². The van der Waals surface area contributed by atoms with Crippen molar-refractivity contribution in [3.8, 4) is 0 Å². The molecule has 1 aromatic carbocycles. The fourth-order valence-corrected chi connectivity index (χ4v) is 1.54. The van der Waals surface area contributed by atoms with Crippen molar-refractivity contribution in [3.05, 3.63) is 45.0 Å². The molecular formula is C10H10ClNO4. The first-order valence-corrected chi connectivity index (χ1v) is 4.96. The summed E-state index contributed by atoms with van der Waals surface area (Å²) in [4.78, 5) is 20.5. The maximum atomic E-state index is 10.6. The summed E-state index contributed by atoms with van der Waals surface area (Å²) in [5, 5.41) is 19.6. The summed E-state index contributed by atoms with van der Waals surface area (Å²) >= 11 is 5.68. The summed E-state index contributed by atoms with van der Waals surface area (Å²) in [6.07, 6.45) is -0.261. The first kappa shape index (κ1) is 12.4. The minimum absolute atomic E-state index is 0.261. The molecule has 1 rings (SSSR count). The molecule has 0 unspecified atom stereocenters. The number of halogens is 1. The molecule has 0 aromatic heterocycles. The van der Waals surface area contributed by atoms with E-state index in [0.717, 1.165) is 0 Å². The largest absolute Gasteiger partial charge is 0.481 e. The molecule has 0 bridgehead atoms. The van der Waals surface area contributed by atoms with E-state index in [2.05, 4.69) is 0 Å². The summed E-state index contributed by atoms with van der Waals surface area (Å²) in [6.45, 7) is -0.395. The van der Waals surface area contributed by atoms with Gasteiger partial charge in [0.2, 0.25) is 6.54 Å². The molecule has 0 aliphatic heterocycles. The predicted octanol–water partition coefficient (Wildman–Crippen LogP) is 2.17. The molecular weight excluding hydrogens is 234 g/mol. The van der Waals surface area contributed by atoms with Crippen molar-refractivity contribution >= 4 is 17.6 Å². The maximum Gasteiger partial charge on any atom is 0.304 e. The number of carboxylic acids is 1. The molecule has 0 aliphatic rings. The number of carboxylic acid groups (broad SMARTS) is 1. The Bertz CT molecular complexity index is 374. The molecule has 0 radical (unpaired) electrons. The Kier molecular flexibility index (Phi) is 4.25. The molecule has 0 fully saturated rings. The minimum atomic E-state index is -1.05. The van der Waals surface area contributed by atoms with Crippen LogP contribution in [0, 0.1) is 10.1 Å². The summed E-state index contributed by atoms with van der Waals surface area (Å²) in [5.41, 5.74) is 0.614. The average Bonchev–Trinajstić information content (AvgIpc) is 2.16. The summed E-state index contributed by atoms with van der Waals surface area (Å²) < 4.78 is 0. The van der Waals surface area contributed by atoms with Crippen molar-refractivity contribution in [2.45, 2.75) is 12.3 Å². The van der Waals surface area contributed by atoms with Crippen LogP contribution in [-0.4, -0.2) is 22.5 Å². The van der Waals surface area contributed by atoms with Gasteiger partial charge in [-0.25, -0.2) is 0 Å². The van der Waals surface area contributed by atoms with Crippen LogP contribution in [0.25, 0.3) is 0 Å². The van der Waals surface area contributed by atoms with Gasteiger partial charge in [0, 0.05) is 9.95 Å². The fourth-order valence-electron chi connectivity index (χ4n) is 1.41. The Balaban J connectivity index is 2.86. The standard InChI is InChI=1S/C10H10ClNO4/c11-9-3-1-7(2-4-9)8(5-10(13)14)6-12(15)16/h1-4,8H,5-6H2,(H,13,14)/t8-/m0/s1. The zero-order valence-electron chi connectivity index (χ0n) is 8.30. The molecule has 0 heterocycles. The number of benzene rings is 1. The van der Waals surface area contributed by atoms with Gasteiger partial charge in [0.15, 0.2) is 0 Å². The van der Waals surface area contributed by atoms with Crippen LogP contribution in [0.1, 0.15) is 17.9 Å². The minimum Gasteiger partial charge on any atom is -0.481 e. The second-order valence-electron chi connectivity index (χ2n) is 3.36. The smallest absolute Gasteiger partial charge is 0.304 e. The van der Waals surface area contributed by atoms with E-state index in [1.807, 2.05) is 0 Å². The van der Waals surface area contributed by atoms with Crippen molar-refractivity contribution < 1.29 is 14.8 Å². The monoisotopic (exact) mass is 243 g/mol.